The molecule has 2 fully saturated rings. The Morgan fingerprint density at radius 1 is 0.961 bits per heavy atom. The zero-order valence-electron chi connectivity index (χ0n) is 30.8. The van der Waals surface area contributed by atoms with Crippen LogP contribution in [0.25, 0.3) is 11.1 Å². The molecule has 2 heterocycles. The third-order valence-electron chi connectivity index (χ3n) is 11.0. The number of rotatable bonds is 13. The first-order valence-corrected chi connectivity index (χ1v) is 20.8. The van der Waals surface area contributed by atoms with Crippen molar-refractivity contribution in [1.29, 1.82) is 0 Å². The van der Waals surface area contributed by atoms with Gasteiger partial charge in [0.05, 0.1) is 25.6 Å². The number of cyclic esters (lactones) is 1. The topological polar surface area (TPSA) is 86.3 Å². The minimum atomic E-state index is -2.06. The Morgan fingerprint density at radius 2 is 1.65 bits per heavy atom. The van der Waals surface area contributed by atoms with Gasteiger partial charge < -0.3 is 19.2 Å². The zero-order valence-corrected chi connectivity index (χ0v) is 31.8. The minimum Gasteiger partial charge on any atom is -0.461 e. The summed E-state index contributed by atoms with van der Waals surface area (Å²) in [7, 11) is -2.06. The molecule has 270 valence electrons. The van der Waals surface area contributed by atoms with E-state index in [0.29, 0.717) is 24.2 Å². The van der Waals surface area contributed by atoms with Crippen molar-refractivity contribution in [3.63, 3.8) is 0 Å². The summed E-state index contributed by atoms with van der Waals surface area (Å²) in [6.45, 7) is 14.7. The first kappa shape index (κ1) is 36.8. The van der Waals surface area contributed by atoms with Gasteiger partial charge in [0.15, 0.2) is 8.32 Å². The lowest BCUT2D eigenvalue weighted by Crippen LogP contribution is -2.47. The van der Waals surface area contributed by atoms with Crippen molar-refractivity contribution in [2.45, 2.75) is 102 Å². The zero-order chi connectivity index (χ0) is 36.1. The van der Waals surface area contributed by atoms with Crippen LogP contribution in [0.3, 0.4) is 0 Å². The molecule has 9 heteroatoms. The number of ether oxygens (including phenoxy) is 2. The van der Waals surface area contributed by atoms with E-state index in [1.54, 1.807) is 5.06 Å². The van der Waals surface area contributed by atoms with Crippen molar-refractivity contribution in [1.82, 2.24) is 10.4 Å². The van der Waals surface area contributed by atoms with Gasteiger partial charge in [0.1, 0.15) is 24.9 Å². The second-order valence-electron chi connectivity index (χ2n) is 14.7. The molecule has 2 saturated heterocycles. The molecular weight excluding hydrogens is 657 g/mol. The third kappa shape index (κ3) is 7.80. The highest BCUT2D eigenvalue weighted by Crippen LogP contribution is 2.45. The van der Waals surface area contributed by atoms with Crippen LogP contribution < -0.4 is 5.32 Å². The molecule has 0 unspecified atom stereocenters. The first-order valence-electron chi connectivity index (χ1n) is 18.6. The third-order valence-corrected chi connectivity index (χ3v) is 16.8. The predicted octanol–water partition coefficient (Wildman–Crippen LogP) is 8.20. The Labute approximate surface area is 304 Å². The van der Waals surface area contributed by atoms with Crippen molar-refractivity contribution in [2.75, 3.05) is 19.8 Å². The van der Waals surface area contributed by atoms with E-state index in [1.165, 1.54) is 22.3 Å². The number of hydroxylamine groups is 2. The van der Waals surface area contributed by atoms with Crippen LogP contribution in [0.5, 0.6) is 0 Å². The van der Waals surface area contributed by atoms with Crippen molar-refractivity contribution in [3.8, 4) is 23.0 Å². The molecule has 1 aliphatic carbocycles. The van der Waals surface area contributed by atoms with Gasteiger partial charge in [-0.25, -0.2) is 4.79 Å². The molecule has 1 amide bonds. The van der Waals surface area contributed by atoms with Gasteiger partial charge in [-0.3, -0.25) is 9.63 Å². The van der Waals surface area contributed by atoms with E-state index in [1.807, 2.05) is 55.5 Å². The number of hydrogen-bond donors (Lipinski definition) is 1. The fourth-order valence-electron chi connectivity index (χ4n) is 8.33. The van der Waals surface area contributed by atoms with E-state index in [-0.39, 0.29) is 43.2 Å². The van der Waals surface area contributed by atoms with Crippen LogP contribution in [0.15, 0.2) is 72.8 Å². The minimum absolute atomic E-state index is 0.00484. The number of unbranched alkanes of at least 4 members (excludes halogenated alkanes) is 1. The number of benzene rings is 3. The molecule has 2 aliphatic heterocycles. The predicted molar refractivity (Wildman–Crippen MR) is 201 cm³/mol. The van der Waals surface area contributed by atoms with E-state index in [2.05, 4.69) is 76.0 Å². The van der Waals surface area contributed by atoms with Crippen LogP contribution in [-0.2, 0) is 30.1 Å². The molecule has 6 rings (SSSR count). The summed E-state index contributed by atoms with van der Waals surface area (Å²) in [5.41, 5.74) is 7.46. The van der Waals surface area contributed by atoms with Gasteiger partial charge in [0.2, 0.25) is 0 Å². The maximum Gasteiger partial charge on any atom is 0.407 e. The number of hydrogen-bond acceptors (Lipinski definition) is 7. The van der Waals surface area contributed by atoms with E-state index in [4.69, 9.17) is 18.7 Å². The standard InChI is InChI=1S/C42H52N2O6Si/c1-7-8-23-51(28(2)3,29(4)5)48-27-38-39-30(6)49-41(45)40(39)44(50-38)25-32-16-13-15-31(24-32)17-14-22-43-42(46)47-26-37-35-20-11-9-18-33(35)34-19-10-12-21-36(34)37/h9-13,15-16,18-21,24,28-30,37-40H,7-8,22-23,25-27H2,1-6H3,(H,43,46)/t30-,38-,39+,40-/m0/s1. The van der Waals surface area contributed by atoms with Crippen LogP contribution >= 0.6 is 0 Å². The molecule has 0 radical (unpaired) electrons. The molecule has 0 bridgehead atoms. The molecular formula is C42H52N2O6Si. The fraction of sp³-hybridized carbons (Fsp3) is 0.476. The van der Waals surface area contributed by atoms with Crippen molar-refractivity contribution in [3.05, 3.63) is 95.1 Å². The number of nitrogens with one attached hydrogen (secondary N) is 1. The van der Waals surface area contributed by atoms with Gasteiger partial charge in [-0.1, -0.05) is 120 Å². The van der Waals surface area contributed by atoms with E-state index in [9.17, 15) is 9.59 Å². The van der Waals surface area contributed by atoms with Crippen LogP contribution in [0, 0.1) is 17.8 Å². The number of carbonyl (C=O) groups excluding carboxylic acids is 2. The van der Waals surface area contributed by atoms with Crippen LogP contribution in [-0.4, -0.2) is 63.5 Å². The van der Waals surface area contributed by atoms with Crippen LogP contribution in [0.4, 0.5) is 4.79 Å². The summed E-state index contributed by atoms with van der Waals surface area (Å²) in [5.74, 6) is 5.85. The van der Waals surface area contributed by atoms with Gasteiger partial charge in [-0.15, -0.1) is 0 Å². The molecule has 0 saturated carbocycles. The van der Waals surface area contributed by atoms with Crippen molar-refractivity contribution in [2.24, 2.45) is 5.92 Å². The average molecular weight is 709 g/mol. The quantitative estimate of drug-likeness (QED) is 0.109. The normalized spacial score (nSPS) is 21.2. The summed E-state index contributed by atoms with van der Waals surface area (Å²) in [5, 5.41) is 4.55. The highest BCUT2D eigenvalue weighted by Gasteiger charge is 2.57. The molecule has 3 aliphatic rings. The van der Waals surface area contributed by atoms with Gasteiger partial charge in [-0.2, -0.15) is 5.06 Å². The second kappa shape index (κ2) is 16.2. The number of carbonyl (C=O) groups is 2. The van der Waals surface area contributed by atoms with E-state index >= 15 is 0 Å². The monoisotopic (exact) mass is 708 g/mol. The van der Waals surface area contributed by atoms with Gasteiger partial charge >= 0.3 is 12.1 Å². The number of alkyl carbamates (subject to hydrolysis) is 1. The second-order valence-corrected chi connectivity index (χ2v) is 19.8. The van der Waals surface area contributed by atoms with Gasteiger partial charge in [-0.05, 0) is 64.0 Å². The Balaban J connectivity index is 1.04. The lowest BCUT2D eigenvalue weighted by atomic mass is 9.93. The lowest BCUT2D eigenvalue weighted by Gasteiger charge is -2.40. The Kier molecular flexibility index (Phi) is 11.7. The summed E-state index contributed by atoms with van der Waals surface area (Å²) in [4.78, 5) is 32.2. The van der Waals surface area contributed by atoms with E-state index in [0.717, 1.165) is 30.0 Å². The summed E-state index contributed by atoms with van der Waals surface area (Å²) in [6.07, 6.45) is 1.31. The number of nitrogens with zero attached hydrogens (tertiary/aromatic N) is 1. The maximum absolute atomic E-state index is 13.1. The van der Waals surface area contributed by atoms with Crippen molar-refractivity contribution >= 4 is 20.4 Å². The molecule has 0 spiro atoms. The van der Waals surface area contributed by atoms with Crippen LogP contribution in [0.1, 0.15) is 82.6 Å². The summed E-state index contributed by atoms with van der Waals surface area (Å²) < 4.78 is 18.3. The Morgan fingerprint density at radius 3 is 2.31 bits per heavy atom. The Bertz CT molecular complexity index is 1710. The first-order chi connectivity index (χ1) is 24.6. The molecule has 0 aromatic heterocycles. The maximum atomic E-state index is 13.1. The van der Waals surface area contributed by atoms with Crippen LogP contribution in [0.2, 0.25) is 17.1 Å². The molecule has 8 nitrogen and oxygen atoms in total. The summed E-state index contributed by atoms with van der Waals surface area (Å²) >= 11 is 0. The highest BCUT2D eigenvalue weighted by atomic mass is 28.4. The average Bonchev–Trinajstić information content (AvgIpc) is 3.75. The molecule has 1 N–H and O–H groups in total. The largest absolute Gasteiger partial charge is 0.461 e. The van der Waals surface area contributed by atoms with Gasteiger partial charge in [0, 0.05) is 11.5 Å². The molecule has 4 atom stereocenters. The van der Waals surface area contributed by atoms with E-state index < -0.39 is 20.5 Å². The lowest BCUT2D eigenvalue weighted by molar-refractivity contribution is -0.195. The molecule has 3 aromatic carbocycles. The summed E-state index contributed by atoms with van der Waals surface area (Å²) in [6, 6.07) is 25.1. The molecule has 51 heavy (non-hydrogen) atoms. The molecule has 3 aromatic rings. The number of amides is 1. The fourth-order valence-corrected chi connectivity index (χ4v) is 13.0. The van der Waals surface area contributed by atoms with Gasteiger partial charge in [0.25, 0.3) is 0 Å². The smallest absolute Gasteiger partial charge is 0.407 e. The highest BCUT2D eigenvalue weighted by molar-refractivity contribution is 6.76. The van der Waals surface area contributed by atoms with Crippen molar-refractivity contribution < 1.29 is 28.3 Å². The Hall–Kier alpha value is -3.94. The number of fused-ring (bicyclic) bond motifs is 4. The SMILES string of the molecule is CCCC[Si](OC[C@@H]1ON(Cc2cccc(C#CCNC(=O)OCC3c4ccccc4-c4ccccc43)c2)[C@@H]2C(=O)O[C@@H](C)[C@H]12)(C(C)C)C(C)C. The number of esters is 1.